The standard InChI is InChI=1S/Ba.Bi.Na.8H2O.2Ti.6H/h;;;8*1H2;;;;;;;;/q+2;;+1;;;;;;;;;;;;;;3*-1. The third kappa shape index (κ3) is 169. The summed E-state index contributed by atoms with van der Waals surface area (Å²) < 4.78 is 0. The first-order valence-electron chi connectivity index (χ1n) is 0. The Morgan fingerprint density at radius 2 is 0.462 bits per heavy atom. The predicted octanol–water partition coefficient (Wildman–Crippen LogP) is -10.8. The van der Waals surface area contributed by atoms with Crippen molar-refractivity contribution in [3.8, 4) is 0 Å². The molecule has 13 heteroatoms. The Hall–Kier alpha value is 4.56. The van der Waals surface area contributed by atoms with Crippen LogP contribution in [0.15, 0.2) is 0 Å². The first-order valence-corrected chi connectivity index (χ1v) is 0. The summed E-state index contributed by atoms with van der Waals surface area (Å²) in [6.07, 6.45) is 0. The van der Waals surface area contributed by atoms with E-state index in [-0.39, 0.29) is 196 Å². The van der Waals surface area contributed by atoms with Crippen molar-refractivity contribution in [3.05, 3.63) is 0 Å². The van der Waals surface area contributed by atoms with E-state index in [4.69, 9.17) is 0 Å². The minimum absolute atomic E-state index is 0. The van der Waals surface area contributed by atoms with Crippen molar-refractivity contribution in [1.29, 1.82) is 0 Å². The Morgan fingerprint density at radius 3 is 0.462 bits per heavy atom. The molecule has 0 aliphatic heterocycles. The smallest absolute Gasteiger partial charge is 1.00 e. The van der Waals surface area contributed by atoms with E-state index in [1.165, 1.54) is 0 Å². The molecular formula is H22BaBiNaO8Ti2. The fourth-order valence-corrected chi connectivity index (χ4v) is 0. The van der Waals surface area contributed by atoms with Crippen LogP contribution in [0, 0.1) is 0 Å². The van der Waals surface area contributed by atoms with E-state index in [1.54, 1.807) is 0 Å². The monoisotopic (exact) mass is 616 g/mol. The average Bonchev–Trinajstić information content (AvgIpc) is 0. The molecule has 0 bridgehead atoms. The van der Waals surface area contributed by atoms with Gasteiger partial charge < -0.3 is 48.1 Å². The van der Waals surface area contributed by atoms with Gasteiger partial charge in [0.25, 0.3) is 0 Å². The minimum Gasteiger partial charge on any atom is -1.00 e. The van der Waals surface area contributed by atoms with Gasteiger partial charge in [-0.1, -0.05) is 0 Å². The van der Waals surface area contributed by atoms with Crippen molar-refractivity contribution in [2.45, 2.75) is 0 Å². The third-order valence-electron chi connectivity index (χ3n) is 0. The maximum Gasteiger partial charge on any atom is 1.00 e. The van der Waals surface area contributed by atoms with Gasteiger partial charge >= 0.3 is 105 Å². The summed E-state index contributed by atoms with van der Waals surface area (Å²) >= 11 is 0. The van der Waals surface area contributed by atoms with Crippen LogP contribution in [0.5, 0.6) is 0 Å². The molecule has 13 heavy (non-hydrogen) atoms. The van der Waals surface area contributed by atoms with Crippen molar-refractivity contribution in [3.63, 3.8) is 0 Å². The van der Waals surface area contributed by atoms with Gasteiger partial charge in [-0.25, -0.2) is 0 Å². The van der Waals surface area contributed by atoms with E-state index in [1.807, 2.05) is 0 Å². The Morgan fingerprint density at radius 1 is 0.462 bits per heavy atom. The van der Waals surface area contributed by atoms with Crippen LogP contribution in [0.4, 0.5) is 0 Å². The topological polar surface area (TPSA) is 252 Å². The third-order valence-corrected chi connectivity index (χ3v) is 0. The second kappa shape index (κ2) is 193. The summed E-state index contributed by atoms with van der Waals surface area (Å²) in [7, 11) is 0. The predicted molar refractivity (Wildman–Crippen MR) is 47.9 cm³/mol. The minimum atomic E-state index is 0. The van der Waals surface area contributed by atoms with E-state index >= 15 is 0 Å². The van der Waals surface area contributed by atoms with E-state index in [0.717, 1.165) is 0 Å². The van der Waals surface area contributed by atoms with E-state index in [9.17, 15) is 0 Å². The zero-order chi connectivity index (χ0) is 0. The molecule has 0 amide bonds. The molecule has 16 N–H and O–H groups in total. The van der Waals surface area contributed by atoms with Crippen molar-refractivity contribution < 1.29 is 121 Å². The van der Waals surface area contributed by atoms with Crippen LogP contribution >= 0.6 is 0 Å². The molecule has 0 rings (SSSR count). The first kappa shape index (κ1) is 231. The maximum atomic E-state index is 0. The van der Waals surface area contributed by atoms with Crippen LogP contribution in [-0.2, 0) is 43.4 Å². The van der Waals surface area contributed by atoms with Crippen LogP contribution in [0.1, 0.15) is 4.28 Å². The van der Waals surface area contributed by atoms with Crippen molar-refractivity contribution >= 4 is 75.1 Å². The molecule has 0 heterocycles. The van der Waals surface area contributed by atoms with Crippen molar-refractivity contribution in [2.75, 3.05) is 0 Å². The Kier molecular flexibility index (Phi) is 3430. The van der Waals surface area contributed by atoms with E-state index < -0.39 is 0 Å². The molecule has 0 radical (unpaired) electrons. The SMILES string of the molecule is O.O.O.O.O.O.O.O.[Ba+2].[BiH3].[H-].[H-].[H-].[Na+].[Ti].[Ti]. The Labute approximate surface area is 192 Å². The van der Waals surface area contributed by atoms with Gasteiger partial charge in [-0.2, -0.15) is 0 Å². The Balaban J connectivity index is 0. The quantitative estimate of drug-likeness (QED) is 0.230. The fraction of sp³-hybridized carbons (Fsp3) is 0. The molecule has 0 fully saturated rings. The molecule has 0 aromatic carbocycles. The molecule has 0 aromatic rings. The van der Waals surface area contributed by atoms with Gasteiger partial charge in [0.1, 0.15) is 0 Å². The Bertz CT molecular complexity index is 33.2. The average molecular weight is 615 g/mol. The molecule has 0 saturated heterocycles. The maximum absolute atomic E-state index is 0. The fourth-order valence-electron chi connectivity index (χ4n) is 0. The molecule has 8 nitrogen and oxygen atoms in total. The second-order valence-electron chi connectivity index (χ2n) is 0. The molecule has 0 aliphatic carbocycles. The summed E-state index contributed by atoms with van der Waals surface area (Å²) in [5.74, 6) is 0. The van der Waals surface area contributed by atoms with Gasteiger partial charge in [0.2, 0.25) is 0 Å². The summed E-state index contributed by atoms with van der Waals surface area (Å²) in [5.41, 5.74) is 0. The van der Waals surface area contributed by atoms with Gasteiger partial charge in [0.05, 0.1) is 0 Å². The second-order valence-corrected chi connectivity index (χ2v) is 0. The van der Waals surface area contributed by atoms with Gasteiger partial charge in [-0.05, 0) is 0 Å². The van der Waals surface area contributed by atoms with Gasteiger partial charge in [0, 0.05) is 43.4 Å². The van der Waals surface area contributed by atoms with Crippen LogP contribution < -0.4 is 29.6 Å². The normalized spacial score (nSPS) is 0. The molecular weight excluding hydrogens is 593 g/mol. The molecule has 86 valence electrons. The molecule has 0 aromatic heterocycles. The van der Waals surface area contributed by atoms with Gasteiger partial charge in [0.15, 0.2) is 0 Å². The zero-order valence-corrected chi connectivity index (χ0v) is 22.5. The van der Waals surface area contributed by atoms with Gasteiger partial charge in [-0.15, -0.1) is 0 Å². The van der Waals surface area contributed by atoms with Crippen LogP contribution in [0.3, 0.4) is 0 Å². The summed E-state index contributed by atoms with van der Waals surface area (Å²) in [5, 5.41) is 0. The van der Waals surface area contributed by atoms with Gasteiger partial charge in [-0.3, -0.25) is 0 Å². The van der Waals surface area contributed by atoms with Crippen LogP contribution in [0.2, 0.25) is 0 Å². The molecule has 0 spiro atoms. The van der Waals surface area contributed by atoms with Crippen molar-refractivity contribution in [2.24, 2.45) is 0 Å². The number of hydrogen-bond donors (Lipinski definition) is 0. The van der Waals surface area contributed by atoms with Crippen LogP contribution in [0.25, 0.3) is 0 Å². The van der Waals surface area contributed by atoms with E-state index in [2.05, 4.69) is 0 Å². The zero-order valence-electron chi connectivity index (χ0n) is 10.4. The molecule has 0 unspecified atom stereocenters. The van der Waals surface area contributed by atoms with E-state index in [0.29, 0.717) is 0 Å². The first-order chi connectivity index (χ1) is 0. The summed E-state index contributed by atoms with van der Waals surface area (Å²) in [6.45, 7) is 0. The molecule has 0 aliphatic rings. The molecule has 0 saturated carbocycles. The summed E-state index contributed by atoms with van der Waals surface area (Å²) in [6, 6.07) is 0. The summed E-state index contributed by atoms with van der Waals surface area (Å²) in [4.78, 5) is 0. The number of hydrogen-bond acceptors (Lipinski definition) is 0. The van der Waals surface area contributed by atoms with Crippen molar-refractivity contribution in [1.82, 2.24) is 0 Å². The number of rotatable bonds is 0. The van der Waals surface area contributed by atoms with Crippen LogP contribution in [-0.4, -0.2) is 119 Å². The largest absolute Gasteiger partial charge is 1.00 e. The molecule has 0 atom stereocenters.